The number of halogens is 1. The third-order valence-electron chi connectivity index (χ3n) is 1.92. The number of ether oxygens (including phenoxy) is 1. The minimum atomic E-state index is -0.136. The number of rotatable bonds is 2. The van der Waals surface area contributed by atoms with Crippen LogP contribution in [-0.2, 0) is 17.8 Å². The monoisotopic (exact) mass is 152 g/mol. The van der Waals surface area contributed by atoms with Gasteiger partial charge in [-0.2, -0.15) is 0 Å². The highest BCUT2D eigenvalue weighted by molar-refractivity contribution is 5.47. The van der Waals surface area contributed by atoms with E-state index in [1.54, 1.807) is 13.2 Å². The first-order valence-electron chi connectivity index (χ1n) is 3.60. The summed E-state index contributed by atoms with van der Waals surface area (Å²) in [7, 11) is 1.57. The summed E-state index contributed by atoms with van der Waals surface area (Å²) in [6.07, 6.45) is 0.959. The fourth-order valence-electron chi connectivity index (χ4n) is 1.24. The lowest BCUT2D eigenvalue weighted by atomic mass is 10.2. The predicted molar refractivity (Wildman–Crippen MR) is 39.9 cm³/mol. The molecule has 1 nitrogen and oxygen atoms in total. The van der Waals surface area contributed by atoms with E-state index in [-0.39, 0.29) is 5.82 Å². The van der Waals surface area contributed by atoms with Crippen molar-refractivity contribution in [3.8, 4) is 0 Å². The standard InChI is InChI=1S/C9H9FO/c1-11-5-8-3-6-2-7(6)4-9(8)10/h3-4H,2,5H2,1H3. The van der Waals surface area contributed by atoms with Gasteiger partial charge in [0.1, 0.15) is 5.82 Å². The van der Waals surface area contributed by atoms with E-state index in [0.29, 0.717) is 12.2 Å². The van der Waals surface area contributed by atoms with Gasteiger partial charge >= 0.3 is 0 Å². The molecule has 11 heavy (non-hydrogen) atoms. The van der Waals surface area contributed by atoms with Crippen LogP contribution in [0.5, 0.6) is 0 Å². The number of fused-ring (bicyclic) bond motifs is 1. The molecule has 0 radical (unpaired) electrons. The van der Waals surface area contributed by atoms with Crippen LogP contribution in [0.15, 0.2) is 12.1 Å². The molecule has 0 aromatic heterocycles. The van der Waals surface area contributed by atoms with E-state index >= 15 is 0 Å². The molecule has 0 saturated heterocycles. The smallest absolute Gasteiger partial charge is 0.129 e. The molecule has 2 heteroatoms. The highest BCUT2D eigenvalue weighted by atomic mass is 19.1. The van der Waals surface area contributed by atoms with Crippen molar-refractivity contribution in [1.82, 2.24) is 0 Å². The highest BCUT2D eigenvalue weighted by Gasteiger charge is 2.19. The van der Waals surface area contributed by atoms with Crippen molar-refractivity contribution in [2.45, 2.75) is 13.0 Å². The van der Waals surface area contributed by atoms with Gasteiger partial charge < -0.3 is 4.74 Å². The molecular weight excluding hydrogens is 143 g/mol. The average Bonchev–Trinajstić information content (AvgIpc) is 2.67. The molecule has 1 aliphatic carbocycles. The Morgan fingerprint density at radius 1 is 1.45 bits per heavy atom. The van der Waals surface area contributed by atoms with Gasteiger partial charge in [-0.3, -0.25) is 0 Å². The minimum Gasteiger partial charge on any atom is -0.380 e. The fourth-order valence-corrected chi connectivity index (χ4v) is 1.24. The zero-order valence-corrected chi connectivity index (χ0v) is 6.36. The van der Waals surface area contributed by atoms with Crippen molar-refractivity contribution in [2.24, 2.45) is 0 Å². The Hall–Kier alpha value is -0.890. The Morgan fingerprint density at radius 2 is 2.18 bits per heavy atom. The zero-order chi connectivity index (χ0) is 7.84. The van der Waals surface area contributed by atoms with Crippen LogP contribution in [0.1, 0.15) is 16.7 Å². The van der Waals surface area contributed by atoms with Crippen molar-refractivity contribution in [3.05, 3.63) is 34.6 Å². The van der Waals surface area contributed by atoms with Crippen LogP contribution in [0, 0.1) is 5.82 Å². The molecule has 0 heterocycles. The van der Waals surface area contributed by atoms with Crippen LogP contribution in [0.4, 0.5) is 4.39 Å². The molecule has 0 saturated carbocycles. The summed E-state index contributed by atoms with van der Waals surface area (Å²) < 4.78 is 17.8. The van der Waals surface area contributed by atoms with Gasteiger partial charge in [-0.15, -0.1) is 0 Å². The van der Waals surface area contributed by atoms with Crippen LogP contribution in [0.3, 0.4) is 0 Å². The first kappa shape index (κ1) is 6.80. The normalized spacial score (nSPS) is 12.9. The fraction of sp³-hybridized carbons (Fsp3) is 0.333. The van der Waals surface area contributed by atoms with Gasteiger partial charge in [-0.25, -0.2) is 4.39 Å². The lowest BCUT2D eigenvalue weighted by molar-refractivity contribution is 0.181. The van der Waals surface area contributed by atoms with Crippen molar-refractivity contribution in [2.75, 3.05) is 7.11 Å². The lowest BCUT2D eigenvalue weighted by Gasteiger charge is -1.98. The van der Waals surface area contributed by atoms with E-state index in [9.17, 15) is 4.39 Å². The molecule has 1 aliphatic rings. The van der Waals surface area contributed by atoms with Crippen molar-refractivity contribution < 1.29 is 9.13 Å². The predicted octanol–water partition coefficient (Wildman–Crippen LogP) is 1.88. The molecule has 0 atom stereocenters. The van der Waals surface area contributed by atoms with Crippen LogP contribution in [0.2, 0.25) is 0 Å². The maximum Gasteiger partial charge on any atom is 0.129 e. The Kier molecular flexibility index (Phi) is 1.43. The van der Waals surface area contributed by atoms with Crippen molar-refractivity contribution >= 4 is 0 Å². The lowest BCUT2D eigenvalue weighted by Crippen LogP contribution is -1.90. The van der Waals surface area contributed by atoms with Gasteiger partial charge in [0.25, 0.3) is 0 Å². The van der Waals surface area contributed by atoms with Crippen LogP contribution < -0.4 is 0 Å². The molecule has 0 amide bonds. The molecular formula is C9H9FO. The van der Waals surface area contributed by atoms with Crippen molar-refractivity contribution in [1.29, 1.82) is 0 Å². The van der Waals surface area contributed by atoms with Crippen LogP contribution >= 0.6 is 0 Å². The second-order valence-electron chi connectivity index (χ2n) is 2.82. The second kappa shape index (κ2) is 2.31. The number of hydrogen-bond donors (Lipinski definition) is 0. The summed E-state index contributed by atoms with van der Waals surface area (Å²) in [4.78, 5) is 0. The molecule has 0 spiro atoms. The number of benzene rings is 1. The van der Waals surface area contributed by atoms with Gasteiger partial charge in [0.05, 0.1) is 6.61 Å². The van der Waals surface area contributed by atoms with E-state index in [4.69, 9.17) is 4.74 Å². The van der Waals surface area contributed by atoms with Crippen molar-refractivity contribution in [3.63, 3.8) is 0 Å². The average molecular weight is 152 g/mol. The summed E-state index contributed by atoms with van der Waals surface area (Å²) in [5, 5.41) is 0. The van der Waals surface area contributed by atoms with Gasteiger partial charge in [0, 0.05) is 12.7 Å². The van der Waals surface area contributed by atoms with Gasteiger partial charge in [-0.05, 0) is 29.7 Å². The molecule has 1 aromatic rings. The van der Waals surface area contributed by atoms with E-state index < -0.39 is 0 Å². The maximum atomic E-state index is 13.0. The Labute approximate surface area is 64.8 Å². The zero-order valence-electron chi connectivity index (χ0n) is 6.36. The summed E-state index contributed by atoms with van der Waals surface area (Å²) in [5.74, 6) is -0.136. The van der Waals surface area contributed by atoms with Crippen LogP contribution in [-0.4, -0.2) is 7.11 Å². The second-order valence-corrected chi connectivity index (χ2v) is 2.82. The van der Waals surface area contributed by atoms with Gasteiger partial charge in [-0.1, -0.05) is 0 Å². The number of methoxy groups -OCH3 is 1. The van der Waals surface area contributed by atoms with E-state index in [2.05, 4.69) is 0 Å². The Balaban J connectivity index is 2.33. The quantitative estimate of drug-likeness (QED) is 0.638. The van der Waals surface area contributed by atoms with Crippen LogP contribution in [0.25, 0.3) is 0 Å². The summed E-state index contributed by atoms with van der Waals surface area (Å²) in [6.45, 7) is 0.374. The summed E-state index contributed by atoms with van der Waals surface area (Å²) >= 11 is 0. The third kappa shape index (κ3) is 1.14. The molecule has 0 bridgehead atoms. The maximum absolute atomic E-state index is 13.0. The molecule has 58 valence electrons. The number of hydrogen-bond acceptors (Lipinski definition) is 1. The SMILES string of the molecule is COCc1cc2c(cc1F)C2. The molecule has 1 aromatic carbocycles. The van der Waals surface area contributed by atoms with Gasteiger partial charge in [0.15, 0.2) is 0 Å². The largest absolute Gasteiger partial charge is 0.380 e. The molecule has 2 rings (SSSR count). The minimum absolute atomic E-state index is 0.136. The Morgan fingerprint density at radius 3 is 2.91 bits per heavy atom. The van der Waals surface area contributed by atoms with E-state index in [0.717, 1.165) is 12.0 Å². The summed E-state index contributed by atoms with van der Waals surface area (Å²) in [5.41, 5.74) is 3.07. The van der Waals surface area contributed by atoms with Gasteiger partial charge in [0.2, 0.25) is 0 Å². The topological polar surface area (TPSA) is 9.23 Å². The summed E-state index contributed by atoms with van der Waals surface area (Å²) in [6, 6.07) is 3.48. The third-order valence-corrected chi connectivity index (χ3v) is 1.92. The highest BCUT2D eigenvalue weighted by Crippen LogP contribution is 2.30. The first-order valence-corrected chi connectivity index (χ1v) is 3.60. The van der Waals surface area contributed by atoms with E-state index in [1.807, 2.05) is 6.07 Å². The molecule has 0 N–H and O–H groups in total. The first-order chi connectivity index (χ1) is 5.31. The molecule has 0 fully saturated rings. The molecule has 0 unspecified atom stereocenters. The van der Waals surface area contributed by atoms with E-state index in [1.165, 1.54) is 5.56 Å². The Bertz CT molecular complexity index is 294. The molecule has 0 aliphatic heterocycles.